The highest BCUT2D eigenvalue weighted by atomic mass is 19.1. The number of hydrogen-bond donors (Lipinski definition) is 0. The lowest BCUT2D eigenvalue weighted by Gasteiger charge is -2.42. The zero-order valence-corrected chi connectivity index (χ0v) is 17.6. The van der Waals surface area contributed by atoms with Crippen molar-refractivity contribution in [2.75, 3.05) is 39.5 Å². The van der Waals surface area contributed by atoms with E-state index in [1.807, 2.05) is 6.92 Å². The summed E-state index contributed by atoms with van der Waals surface area (Å²) in [6.07, 6.45) is 3.87. The largest absolute Gasteiger partial charge is 0.466 e. The van der Waals surface area contributed by atoms with Crippen LogP contribution in [-0.4, -0.2) is 62.1 Å². The van der Waals surface area contributed by atoms with Crippen LogP contribution in [0.1, 0.15) is 44.6 Å². The molecule has 0 amide bonds. The van der Waals surface area contributed by atoms with Crippen LogP contribution in [0.3, 0.4) is 0 Å². The number of halogens is 1. The second-order valence-corrected chi connectivity index (χ2v) is 8.75. The molecule has 3 heterocycles. The molecular formula is C23H31FN2O4. The Morgan fingerprint density at radius 2 is 2.20 bits per heavy atom. The van der Waals surface area contributed by atoms with Gasteiger partial charge in [0.1, 0.15) is 11.9 Å². The molecule has 164 valence electrons. The van der Waals surface area contributed by atoms with Crippen molar-refractivity contribution in [3.63, 3.8) is 0 Å². The van der Waals surface area contributed by atoms with Gasteiger partial charge in [-0.05, 0) is 56.3 Å². The lowest BCUT2D eigenvalue weighted by atomic mass is 9.74. The highest BCUT2D eigenvalue weighted by Gasteiger charge is 2.47. The van der Waals surface area contributed by atoms with Crippen molar-refractivity contribution in [1.29, 1.82) is 0 Å². The molecule has 0 spiro atoms. The first kappa shape index (κ1) is 21.2. The molecule has 0 bridgehead atoms. The van der Waals surface area contributed by atoms with Crippen molar-refractivity contribution in [2.45, 2.75) is 45.1 Å². The number of rotatable bonds is 7. The summed E-state index contributed by atoms with van der Waals surface area (Å²) in [6.45, 7) is 6.52. The third kappa shape index (κ3) is 4.83. The second kappa shape index (κ2) is 9.43. The van der Waals surface area contributed by atoms with Gasteiger partial charge >= 0.3 is 5.97 Å². The van der Waals surface area contributed by atoms with Gasteiger partial charge < -0.3 is 19.2 Å². The van der Waals surface area contributed by atoms with Crippen molar-refractivity contribution >= 4 is 11.7 Å². The molecule has 0 aliphatic carbocycles. The molecule has 1 aromatic carbocycles. The van der Waals surface area contributed by atoms with Gasteiger partial charge in [0.25, 0.3) is 0 Å². The standard InChI is InChI=1S/C23H31FN2O4/c1-2-29-22(27)23(9-3-10-26(16-23)14-17-8-11-28-15-17)13-20-12-21(25-30-20)18-4-6-19(24)7-5-18/h4-7,17,20H,2-3,8-16H2,1H3. The number of esters is 1. The van der Waals surface area contributed by atoms with Gasteiger partial charge in [-0.25, -0.2) is 4.39 Å². The Morgan fingerprint density at radius 3 is 2.93 bits per heavy atom. The summed E-state index contributed by atoms with van der Waals surface area (Å²) >= 11 is 0. The minimum Gasteiger partial charge on any atom is -0.466 e. The first-order valence-electron chi connectivity index (χ1n) is 11.0. The summed E-state index contributed by atoms with van der Waals surface area (Å²) < 4.78 is 24.3. The number of hydrogen-bond acceptors (Lipinski definition) is 6. The average Bonchev–Trinajstić information content (AvgIpc) is 3.41. The van der Waals surface area contributed by atoms with Crippen molar-refractivity contribution in [3.8, 4) is 0 Å². The monoisotopic (exact) mass is 418 g/mol. The maximum atomic E-state index is 13.2. The van der Waals surface area contributed by atoms with Crippen LogP contribution in [-0.2, 0) is 19.1 Å². The molecule has 0 N–H and O–H groups in total. The van der Waals surface area contributed by atoms with E-state index in [1.54, 1.807) is 12.1 Å². The van der Waals surface area contributed by atoms with Crippen LogP contribution in [0.4, 0.5) is 4.39 Å². The molecular weight excluding hydrogens is 387 g/mol. The summed E-state index contributed by atoms with van der Waals surface area (Å²) in [4.78, 5) is 21.2. The number of carbonyl (C=O) groups excluding carboxylic acids is 1. The molecule has 2 saturated heterocycles. The third-order valence-corrected chi connectivity index (χ3v) is 6.43. The van der Waals surface area contributed by atoms with Crippen LogP contribution in [0.25, 0.3) is 0 Å². The van der Waals surface area contributed by atoms with Crippen LogP contribution >= 0.6 is 0 Å². The normalized spacial score (nSPS) is 29.5. The molecule has 3 aliphatic heterocycles. The first-order chi connectivity index (χ1) is 14.6. The van der Waals surface area contributed by atoms with Gasteiger partial charge in [-0.15, -0.1) is 0 Å². The van der Waals surface area contributed by atoms with Gasteiger partial charge in [-0.3, -0.25) is 4.79 Å². The minimum absolute atomic E-state index is 0.129. The average molecular weight is 419 g/mol. The molecule has 6 nitrogen and oxygen atoms in total. The van der Waals surface area contributed by atoms with Gasteiger partial charge in [0.2, 0.25) is 0 Å². The summed E-state index contributed by atoms with van der Waals surface area (Å²) in [5, 5.41) is 4.23. The Bertz CT molecular complexity index is 763. The topological polar surface area (TPSA) is 60.4 Å². The Hall–Kier alpha value is -1.99. The molecule has 3 unspecified atom stereocenters. The minimum atomic E-state index is -0.577. The number of nitrogens with zero attached hydrogens (tertiary/aromatic N) is 2. The predicted molar refractivity (Wildman–Crippen MR) is 111 cm³/mol. The lowest BCUT2D eigenvalue weighted by molar-refractivity contribution is -0.162. The van der Waals surface area contributed by atoms with Gasteiger partial charge in [0.05, 0.1) is 24.3 Å². The van der Waals surface area contributed by atoms with Crippen LogP contribution in [0.15, 0.2) is 29.4 Å². The molecule has 4 rings (SSSR count). The highest BCUT2D eigenvalue weighted by Crippen LogP contribution is 2.39. The molecule has 7 heteroatoms. The molecule has 1 aromatic rings. The van der Waals surface area contributed by atoms with E-state index in [9.17, 15) is 9.18 Å². The molecule has 0 aromatic heterocycles. The van der Waals surface area contributed by atoms with E-state index < -0.39 is 5.41 Å². The number of likely N-dealkylation sites (tertiary alicyclic amines) is 1. The Kier molecular flexibility index (Phi) is 6.68. The molecule has 2 fully saturated rings. The van der Waals surface area contributed by atoms with Crippen molar-refractivity contribution in [3.05, 3.63) is 35.6 Å². The van der Waals surface area contributed by atoms with E-state index >= 15 is 0 Å². The lowest BCUT2D eigenvalue weighted by Crippen LogP contribution is -2.51. The number of benzene rings is 1. The van der Waals surface area contributed by atoms with E-state index in [-0.39, 0.29) is 17.9 Å². The van der Waals surface area contributed by atoms with Crippen LogP contribution in [0.5, 0.6) is 0 Å². The zero-order chi connectivity index (χ0) is 21.0. The summed E-state index contributed by atoms with van der Waals surface area (Å²) in [7, 11) is 0. The maximum Gasteiger partial charge on any atom is 0.313 e. The molecule has 30 heavy (non-hydrogen) atoms. The quantitative estimate of drug-likeness (QED) is 0.636. The molecule has 0 radical (unpaired) electrons. The fraction of sp³-hybridized carbons (Fsp3) is 0.652. The van der Waals surface area contributed by atoms with Crippen molar-refractivity contribution < 1.29 is 23.5 Å². The Morgan fingerprint density at radius 1 is 1.37 bits per heavy atom. The zero-order valence-electron chi connectivity index (χ0n) is 17.6. The fourth-order valence-corrected chi connectivity index (χ4v) is 4.96. The van der Waals surface area contributed by atoms with E-state index in [1.165, 1.54) is 12.1 Å². The Balaban J connectivity index is 1.43. The summed E-state index contributed by atoms with van der Waals surface area (Å²) in [5.41, 5.74) is 1.08. The SMILES string of the molecule is CCOC(=O)C1(CC2CC(c3ccc(F)cc3)=NO2)CCCN(CC2CCOC2)C1. The second-order valence-electron chi connectivity index (χ2n) is 8.75. The van der Waals surface area contributed by atoms with E-state index in [2.05, 4.69) is 10.1 Å². The van der Waals surface area contributed by atoms with E-state index in [0.717, 1.165) is 56.8 Å². The van der Waals surface area contributed by atoms with Gasteiger partial charge in [-0.2, -0.15) is 0 Å². The van der Waals surface area contributed by atoms with Crippen LogP contribution < -0.4 is 0 Å². The maximum absolute atomic E-state index is 13.2. The van der Waals surface area contributed by atoms with Gasteiger partial charge in [0.15, 0.2) is 0 Å². The predicted octanol–water partition coefficient (Wildman–Crippen LogP) is 3.39. The van der Waals surface area contributed by atoms with Crippen molar-refractivity contribution in [2.24, 2.45) is 16.5 Å². The fourth-order valence-electron chi connectivity index (χ4n) is 4.96. The summed E-state index contributed by atoms with van der Waals surface area (Å²) in [5.74, 6) is 0.140. The smallest absolute Gasteiger partial charge is 0.313 e. The third-order valence-electron chi connectivity index (χ3n) is 6.43. The first-order valence-corrected chi connectivity index (χ1v) is 11.0. The summed E-state index contributed by atoms with van der Waals surface area (Å²) in [6, 6.07) is 6.29. The number of piperidine rings is 1. The number of ether oxygens (including phenoxy) is 2. The van der Waals surface area contributed by atoms with Crippen molar-refractivity contribution in [1.82, 2.24) is 4.90 Å². The molecule has 3 atom stereocenters. The van der Waals surface area contributed by atoms with Crippen LogP contribution in [0.2, 0.25) is 0 Å². The number of oxime groups is 1. The molecule has 0 saturated carbocycles. The van der Waals surface area contributed by atoms with Gasteiger partial charge in [0, 0.05) is 32.5 Å². The van der Waals surface area contributed by atoms with E-state index in [4.69, 9.17) is 14.3 Å². The van der Waals surface area contributed by atoms with E-state index in [0.29, 0.717) is 31.9 Å². The highest BCUT2D eigenvalue weighted by molar-refractivity contribution is 6.01. The van der Waals surface area contributed by atoms with Crippen LogP contribution in [0, 0.1) is 17.2 Å². The van der Waals surface area contributed by atoms with Gasteiger partial charge in [-0.1, -0.05) is 17.3 Å². The Labute approximate surface area is 177 Å². The molecule has 3 aliphatic rings. The number of carbonyl (C=O) groups is 1.